The van der Waals surface area contributed by atoms with Crippen molar-refractivity contribution in [2.45, 2.75) is 98.1 Å². The van der Waals surface area contributed by atoms with Crippen LogP contribution in [-0.4, -0.2) is 52.5 Å². The Morgan fingerprint density at radius 2 is 1.65 bits per heavy atom. The first-order valence-electron chi connectivity index (χ1n) is 19.7. The van der Waals surface area contributed by atoms with Crippen molar-refractivity contribution in [3.8, 4) is 5.82 Å². The van der Waals surface area contributed by atoms with E-state index in [9.17, 15) is 32.4 Å². The number of sulfonamides is 1. The summed E-state index contributed by atoms with van der Waals surface area (Å²) in [5.41, 5.74) is -1.88. The number of rotatable bonds is 12. The number of hydrogen-bond acceptors (Lipinski definition) is 9. The van der Waals surface area contributed by atoms with Gasteiger partial charge in [-0.3, -0.25) is 19.1 Å². The van der Waals surface area contributed by atoms with Gasteiger partial charge in [-0.25, -0.2) is 36.3 Å². The van der Waals surface area contributed by atoms with E-state index >= 15 is 8.78 Å². The third kappa shape index (κ3) is 10.2. The molecule has 322 valence electrons. The average Bonchev–Trinajstić information content (AvgIpc) is 3.17. The fourth-order valence-electron chi connectivity index (χ4n) is 7.01. The zero-order chi connectivity index (χ0) is 44.4. The molecule has 1 fully saturated rings. The maximum Gasteiger partial charge on any atom is 0.336 e. The zero-order valence-electron chi connectivity index (χ0n) is 35.2. The molecular weight excluding hydrogens is 799 g/mol. The topological polar surface area (TPSA) is 188 Å². The molecule has 2 heterocycles. The monoisotopic (exact) mass is 850 g/mol. The van der Waals surface area contributed by atoms with Gasteiger partial charge >= 0.3 is 11.7 Å². The van der Waals surface area contributed by atoms with Crippen LogP contribution in [0.1, 0.15) is 88.0 Å². The van der Waals surface area contributed by atoms with Crippen LogP contribution in [0.15, 0.2) is 69.2 Å². The largest absolute Gasteiger partial charge is 0.461 e. The number of nitrogens with zero attached hydrogens (tertiary/aromatic N) is 3. The summed E-state index contributed by atoms with van der Waals surface area (Å²) in [6.07, 6.45) is 3.04. The standard InChI is InChI=1S/C43H52F2N6O8S/c1-23(2)30-16-10-24(3)18-36(30)59-40(54)35(19-27-11-17-37(46-22-27)51-39(53)25(4)26(5)50(9)42(51)56)48-38(52)31-20-33(45)34(21-32(31)44)49-60(57,58)29-14-12-28(13-15-29)47-41(55)43(6,7)8/h11-15,17,20-24,30,35-36,49H,10,16,18-19H2,1-9H3,(H,47,55)(H,48,52)/t24-,30+,35+,36-/m1/s1. The van der Waals surface area contributed by atoms with Gasteiger partial charge in [-0.15, -0.1) is 0 Å². The molecule has 1 aliphatic carbocycles. The van der Waals surface area contributed by atoms with Crippen molar-refractivity contribution < 1.29 is 36.3 Å². The Hall–Kier alpha value is -5.71. The maximum absolute atomic E-state index is 15.6. The Labute approximate surface area is 347 Å². The minimum absolute atomic E-state index is 0.0291. The van der Waals surface area contributed by atoms with Crippen molar-refractivity contribution in [3.05, 3.63) is 110 Å². The van der Waals surface area contributed by atoms with E-state index in [0.717, 1.165) is 17.4 Å². The van der Waals surface area contributed by atoms with Crippen molar-refractivity contribution >= 4 is 39.2 Å². The molecule has 1 saturated carbocycles. The van der Waals surface area contributed by atoms with Gasteiger partial charge in [0.15, 0.2) is 0 Å². The Morgan fingerprint density at radius 1 is 0.983 bits per heavy atom. The van der Waals surface area contributed by atoms with Gasteiger partial charge in [-0.1, -0.05) is 54.0 Å². The van der Waals surface area contributed by atoms with Crippen LogP contribution in [0.5, 0.6) is 0 Å². The molecule has 0 radical (unpaired) electrons. The lowest BCUT2D eigenvalue weighted by Crippen LogP contribution is -2.46. The van der Waals surface area contributed by atoms with E-state index in [1.165, 1.54) is 54.2 Å². The molecule has 2 aromatic carbocycles. The molecule has 2 amide bonds. The number of nitrogens with one attached hydrogen (secondary N) is 3. The highest BCUT2D eigenvalue weighted by molar-refractivity contribution is 7.92. The number of benzene rings is 2. The molecule has 0 saturated heterocycles. The van der Waals surface area contributed by atoms with Gasteiger partial charge in [-0.2, -0.15) is 0 Å². The smallest absolute Gasteiger partial charge is 0.336 e. The molecule has 60 heavy (non-hydrogen) atoms. The molecule has 14 nitrogen and oxygen atoms in total. The van der Waals surface area contributed by atoms with Crippen LogP contribution in [0, 0.1) is 48.7 Å². The Morgan fingerprint density at radius 3 is 2.25 bits per heavy atom. The summed E-state index contributed by atoms with van der Waals surface area (Å²) in [6, 6.07) is 7.61. The van der Waals surface area contributed by atoms with Crippen LogP contribution >= 0.6 is 0 Å². The number of hydrogen-bond donors (Lipinski definition) is 3. The third-order valence-electron chi connectivity index (χ3n) is 11.0. The molecule has 0 bridgehead atoms. The fraction of sp³-hybridized carbons (Fsp3) is 0.442. The lowest BCUT2D eigenvalue weighted by molar-refractivity contribution is -0.158. The second-order valence-corrected chi connectivity index (χ2v) is 18.6. The average molecular weight is 851 g/mol. The molecule has 1 aliphatic rings. The Balaban J connectivity index is 1.40. The molecule has 17 heteroatoms. The summed E-state index contributed by atoms with van der Waals surface area (Å²) >= 11 is 0. The number of esters is 1. The Bertz CT molecular complexity index is 2480. The molecule has 3 N–H and O–H groups in total. The number of pyridine rings is 1. The summed E-state index contributed by atoms with van der Waals surface area (Å²) < 4.78 is 67.7. The van der Waals surface area contributed by atoms with Gasteiger partial charge < -0.3 is 19.9 Å². The van der Waals surface area contributed by atoms with E-state index in [0.29, 0.717) is 41.1 Å². The number of ether oxygens (including phenoxy) is 1. The van der Waals surface area contributed by atoms with Crippen molar-refractivity contribution in [3.63, 3.8) is 0 Å². The van der Waals surface area contributed by atoms with Gasteiger partial charge in [0.2, 0.25) is 5.91 Å². The van der Waals surface area contributed by atoms with Crippen LogP contribution in [0.25, 0.3) is 5.82 Å². The maximum atomic E-state index is 15.6. The quantitative estimate of drug-likeness (QED) is 0.145. The zero-order valence-corrected chi connectivity index (χ0v) is 36.0. The fourth-order valence-corrected chi connectivity index (χ4v) is 8.07. The Kier molecular flexibility index (Phi) is 13.5. The van der Waals surface area contributed by atoms with Gasteiger partial charge in [-0.05, 0) is 86.4 Å². The number of halogens is 2. The predicted molar refractivity (Wildman–Crippen MR) is 222 cm³/mol. The summed E-state index contributed by atoms with van der Waals surface area (Å²) in [7, 11) is -2.93. The van der Waals surface area contributed by atoms with E-state index in [1.807, 2.05) is 18.6 Å². The number of anilines is 2. The van der Waals surface area contributed by atoms with Crippen molar-refractivity contribution in [2.24, 2.45) is 30.2 Å². The van der Waals surface area contributed by atoms with Crippen molar-refractivity contribution in [2.75, 3.05) is 10.0 Å². The second kappa shape index (κ2) is 17.9. The second-order valence-electron chi connectivity index (χ2n) is 16.9. The molecule has 5 rings (SSSR count). The highest BCUT2D eigenvalue weighted by atomic mass is 32.2. The SMILES string of the molecule is Cc1c(C)n(C)c(=O)n(-c2ccc(C[C@H](NC(=O)c3cc(F)c(NS(=O)(=O)c4ccc(NC(=O)C(C)(C)C)cc4)cc3F)C(=O)O[C@@H]3C[C@H](C)CC[C@H]3C(C)C)cn2)c1=O. The molecule has 4 aromatic rings. The van der Waals surface area contributed by atoms with Crippen LogP contribution < -0.4 is 26.6 Å². The van der Waals surface area contributed by atoms with Crippen LogP contribution in [0.3, 0.4) is 0 Å². The van der Waals surface area contributed by atoms with Crippen LogP contribution in [0.2, 0.25) is 0 Å². The van der Waals surface area contributed by atoms with E-state index in [-0.39, 0.29) is 40.8 Å². The molecule has 2 aromatic heterocycles. The molecule has 4 atom stereocenters. The first kappa shape index (κ1) is 45.4. The first-order chi connectivity index (χ1) is 28.0. The minimum atomic E-state index is -4.46. The summed E-state index contributed by atoms with van der Waals surface area (Å²) in [5.74, 6) is -4.31. The number of carbonyl (C=O) groups is 3. The van der Waals surface area contributed by atoms with E-state index in [1.54, 1.807) is 34.6 Å². The summed E-state index contributed by atoms with van der Waals surface area (Å²) in [4.78, 5) is 69.9. The summed E-state index contributed by atoms with van der Waals surface area (Å²) in [5, 5.41) is 5.14. The summed E-state index contributed by atoms with van der Waals surface area (Å²) in [6.45, 7) is 14.5. The van der Waals surface area contributed by atoms with Crippen LogP contribution in [0.4, 0.5) is 20.2 Å². The molecule has 0 spiro atoms. The lowest BCUT2D eigenvalue weighted by atomic mass is 9.75. The number of carbonyl (C=O) groups excluding carboxylic acids is 3. The van der Waals surface area contributed by atoms with Gasteiger partial charge in [0.05, 0.1) is 16.1 Å². The van der Waals surface area contributed by atoms with Gasteiger partial charge in [0.1, 0.15) is 29.6 Å². The van der Waals surface area contributed by atoms with Crippen molar-refractivity contribution in [1.82, 2.24) is 19.4 Å². The van der Waals surface area contributed by atoms with Crippen LogP contribution in [-0.2, 0) is 37.8 Å². The molecule has 0 unspecified atom stereocenters. The normalized spacial score (nSPS) is 17.5. The molecule has 0 aliphatic heterocycles. The first-order valence-corrected chi connectivity index (χ1v) is 21.2. The van der Waals surface area contributed by atoms with E-state index < -0.39 is 73.6 Å². The van der Waals surface area contributed by atoms with Gasteiger partial charge in [0.25, 0.3) is 21.5 Å². The molecular formula is C43H52F2N6O8S. The number of amides is 2. The highest BCUT2D eigenvalue weighted by Crippen LogP contribution is 2.36. The van der Waals surface area contributed by atoms with E-state index in [4.69, 9.17) is 4.74 Å². The van der Waals surface area contributed by atoms with Gasteiger partial charge in [0, 0.05) is 48.1 Å². The third-order valence-corrected chi connectivity index (χ3v) is 12.4. The highest BCUT2D eigenvalue weighted by Gasteiger charge is 2.36. The minimum Gasteiger partial charge on any atom is -0.461 e. The predicted octanol–water partition coefficient (Wildman–Crippen LogP) is 5.96. The van der Waals surface area contributed by atoms with E-state index in [2.05, 4.69) is 22.5 Å². The van der Waals surface area contributed by atoms with Crippen molar-refractivity contribution in [1.29, 1.82) is 0 Å². The number of aromatic nitrogens is 3. The lowest BCUT2D eigenvalue weighted by Gasteiger charge is -2.37.